The number of carbonyl (C=O) groups excluding carboxylic acids is 1. The Morgan fingerprint density at radius 2 is 2.04 bits per heavy atom. The molecule has 2 heterocycles. The Hall–Kier alpha value is -2.92. The van der Waals surface area contributed by atoms with Crippen molar-refractivity contribution in [3.05, 3.63) is 76.6 Å². The van der Waals surface area contributed by atoms with Gasteiger partial charge in [-0.25, -0.2) is 4.99 Å². The van der Waals surface area contributed by atoms with Crippen LogP contribution in [0.5, 0.6) is 0 Å². The van der Waals surface area contributed by atoms with Crippen LogP contribution in [0.4, 0.5) is 5.69 Å². The maximum absolute atomic E-state index is 13.1. The molecule has 2 aliphatic heterocycles. The SMILES string of the molecule is CCCCNC=C1N=C2CN=C(c3ccccc3)c3cc(Cl)ccc3N2C1=O. The molecule has 4 rings (SSSR count). The van der Waals surface area contributed by atoms with Crippen molar-refractivity contribution >= 4 is 34.7 Å². The van der Waals surface area contributed by atoms with Gasteiger partial charge in [-0.15, -0.1) is 0 Å². The van der Waals surface area contributed by atoms with Crippen molar-refractivity contribution in [1.82, 2.24) is 5.32 Å². The summed E-state index contributed by atoms with van der Waals surface area (Å²) in [5, 5.41) is 3.78. The molecule has 0 aromatic heterocycles. The summed E-state index contributed by atoms with van der Waals surface area (Å²) in [6.45, 7) is 3.28. The van der Waals surface area contributed by atoms with Gasteiger partial charge in [0.1, 0.15) is 11.5 Å². The van der Waals surface area contributed by atoms with Crippen molar-refractivity contribution < 1.29 is 4.79 Å². The highest BCUT2D eigenvalue weighted by Crippen LogP contribution is 2.33. The zero-order chi connectivity index (χ0) is 19.5. The Bertz CT molecular complexity index is 995. The molecule has 0 saturated heterocycles. The minimum Gasteiger partial charge on any atom is -0.389 e. The molecule has 6 heteroatoms. The molecule has 0 aliphatic carbocycles. The second-order valence-electron chi connectivity index (χ2n) is 6.70. The molecule has 0 saturated carbocycles. The highest BCUT2D eigenvalue weighted by atomic mass is 35.5. The maximum atomic E-state index is 13.1. The molecule has 2 aliphatic rings. The van der Waals surface area contributed by atoms with Gasteiger partial charge in [0.2, 0.25) is 0 Å². The van der Waals surface area contributed by atoms with E-state index in [0.29, 0.717) is 23.1 Å². The van der Waals surface area contributed by atoms with Crippen LogP contribution in [0.15, 0.2) is 70.4 Å². The average molecular weight is 393 g/mol. The Morgan fingerprint density at radius 3 is 2.82 bits per heavy atom. The Balaban J connectivity index is 1.76. The molecular formula is C22H21ClN4O. The maximum Gasteiger partial charge on any atom is 0.284 e. The standard InChI is InChI=1S/C22H21ClN4O/c1-2-3-11-24-13-18-22(28)27-19-10-9-16(23)12-17(19)21(25-14-20(27)26-18)15-7-5-4-6-8-15/h4-10,12-13,24H,2-3,11,14H2,1H3. The lowest BCUT2D eigenvalue weighted by Crippen LogP contribution is -2.33. The van der Waals surface area contributed by atoms with Gasteiger partial charge >= 0.3 is 0 Å². The van der Waals surface area contributed by atoms with Gasteiger partial charge in [-0.1, -0.05) is 55.3 Å². The molecule has 1 amide bonds. The number of halogens is 1. The van der Waals surface area contributed by atoms with E-state index >= 15 is 0 Å². The van der Waals surface area contributed by atoms with Gasteiger partial charge in [0.25, 0.3) is 5.91 Å². The molecule has 0 fully saturated rings. The summed E-state index contributed by atoms with van der Waals surface area (Å²) in [5.74, 6) is 0.482. The van der Waals surface area contributed by atoms with Gasteiger partial charge in [-0.05, 0) is 24.6 Å². The normalized spacial score (nSPS) is 17.0. The van der Waals surface area contributed by atoms with Crippen molar-refractivity contribution in [2.24, 2.45) is 9.98 Å². The number of amidine groups is 1. The Kier molecular flexibility index (Phi) is 5.26. The number of nitrogens with zero attached hydrogens (tertiary/aromatic N) is 3. The molecule has 0 unspecified atom stereocenters. The molecule has 0 spiro atoms. The summed E-state index contributed by atoms with van der Waals surface area (Å²) in [5.41, 5.74) is 3.79. The van der Waals surface area contributed by atoms with Crippen LogP contribution in [-0.4, -0.2) is 30.5 Å². The van der Waals surface area contributed by atoms with Crippen molar-refractivity contribution in [1.29, 1.82) is 0 Å². The van der Waals surface area contributed by atoms with E-state index in [4.69, 9.17) is 16.6 Å². The number of rotatable bonds is 5. The molecule has 0 radical (unpaired) electrons. The predicted molar refractivity (Wildman–Crippen MR) is 114 cm³/mol. The number of aliphatic imine (C=N–C) groups is 2. The molecule has 0 atom stereocenters. The van der Waals surface area contributed by atoms with Crippen molar-refractivity contribution in [3.8, 4) is 0 Å². The summed E-state index contributed by atoms with van der Waals surface area (Å²) in [6, 6.07) is 15.4. The molecule has 2 aromatic carbocycles. The number of anilines is 1. The van der Waals surface area contributed by atoms with Crippen molar-refractivity contribution in [3.63, 3.8) is 0 Å². The monoisotopic (exact) mass is 392 g/mol. The first-order valence-electron chi connectivity index (χ1n) is 9.44. The van der Waals surface area contributed by atoms with Gasteiger partial charge in [0.15, 0.2) is 0 Å². The first kappa shape index (κ1) is 18.4. The van der Waals surface area contributed by atoms with Crippen LogP contribution in [-0.2, 0) is 4.79 Å². The molecule has 5 nitrogen and oxygen atoms in total. The van der Waals surface area contributed by atoms with E-state index in [2.05, 4.69) is 17.2 Å². The predicted octanol–water partition coefficient (Wildman–Crippen LogP) is 4.17. The summed E-state index contributed by atoms with van der Waals surface area (Å²) in [7, 11) is 0. The molecular weight excluding hydrogens is 372 g/mol. The van der Waals surface area contributed by atoms with Crippen LogP contribution >= 0.6 is 11.6 Å². The first-order valence-corrected chi connectivity index (χ1v) is 9.82. The van der Waals surface area contributed by atoms with Crippen LogP contribution in [0.25, 0.3) is 0 Å². The summed E-state index contributed by atoms with van der Waals surface area (Å²) >= 11 is 6.28. The Labute approximate surface area is 169 Å². The molecule has 142 valence electrons. The number of nitrogens with one attached hydrogen (secondary N) is 1. The van der Waals surface area contributed by atoms with Crippen molar-refractivity contribution in [2.75, 3.05) is 18.0 Å². The number of hydrogen-bond acceptors (Lipinski definition) is 4. The zero-order valence-electron chi connectivity index (χ0n) is 15.7. The van der Waals surface area contributed by atoms with Gasteiger partial charge in [-0.2, -0.15) is 0 Å². The largest absolute Gasteiger partial charge is 0.389 e. The van der Waals surface area contributed by atoms with Gasteiger partial charge in [0, 0.05) is 28.9 Å². The van der Waals surface area contributed by atoms with E-state index in [1.165, 1.54) is 0 Å². The smallest absolute Gasteiger partial charge is 0.284 e. The second-order valence-corrected chi connectivity index (χ2v) is 7.13. The fourth-order valence-electron chi connectivity index (χ4n) is 3.34. The number of amides is 1. The minimum atomic E-state index is -0.146. The molecule has 1 N–H and O–H groups in total. The third kappa shape index (κ3) is 3.45. The van der Waals surface area contributed by atoms with Crippen LogP contribution in [0, 0.1) is 0 Å². The zero-order valence-corrected chi connectivity index (χ0v) is 16.4. The van der Waals surface area contributed by atoms with E-state index in [-0.39, 0.29) is 5.91 Å². The molecule has 2 aromatic rings. The van der Waals surface area contributed by atoms with E-state index in [1.807, 2.05) is 42.5 Å². The molecule has 0 bridgehead atoms. The van der Waals surface area contributed by atoms with E-state index in [0.717, 1.165) is 41.9 Å². The van der Waals surface area contributed by atoms with E-state index < -0.39 is 0 Å². The number of fused-ring (bicyclic) bond motifs is 3. The van der Waals surface area contributed by atoms with Gasteiger partial charge in [-0.3, -0.25) is 14.7 Å². The molecule has 28 heavy (non-hydrogen) atoms. The lowest BCUT2D eigenvalue weighted by atomic mass is 10.00. The number of benzene rings is 2. The van der Waals surface area contributed by atoms with Crippen LogP contribution in [0.2, 0.25) is 5.02 Å². The highest BCUT2D eigenvalue weighted by Gasteiger charge is 2.35. The number of carbonyl (C=O) groups is 1. The lowest BCUT2D eigenvalue weighted by Gasteiger charge is -2.19. The summed E-state index contributed by atoms with van der Waals surface area (Å²) < 4.78 is 0. The number of unbranched alkanes of at least 4 members (excludes halogenated alkanes) is 1. The van der Waals surface area contributed by atoms with Crippen LogP contribution in [0.3, 0.4) is 0 Å². The third-order valence-corrected chi connectivity index (χ3v) is 4.96. The lowest BCUT2D eigenvalue weighted by molar-refractivity contribution is -0.113. The van der Waals surface area contributed by atoms with Crippen molar-refractivity contribution in [2.45, 2.75) is 19.8 Å². The van der Waals surface area contributed by atoms with Gasteiger partial charge in [0.05, 0.1) is 17.9 Å². The average Bonchev–Trinajstić information content (AvgIpc) is 2.92. The second kappa shape index (κ2) is 7.98. The van der Waals surface area contributed by atoms with Gasteiger partial charge < -0.3 is 5.32 Å². The Morgan fingerprint density at radius 1 is 1.21 bits per heavy atom. The van der Waals surface area contributed by atoms with Crippen LogP contribution in [0.1, 0.15) is 30.9 Å². The van der Waals surface area contributed by atoms with E-state index in [1.54, 1.807) is 17.2 Å². The topological polar surface area (TPSA) is 57.1 Å². The first-order chi connectivity index (χ1) is 13.7. The minimum absolute atomic E-state index is 0.146. The summed E-state index contributed by atoms with van der Waals surface area (Å²) in [6.07, 6.45) is 3.84. The summed E-state index contributed by atoms with van der Waals surface area (Å²) in [4.78, 5) is 24.1. The van der Waals surface area contributed by atoms with E-state index in [9.17, 15) is 4.79 Å². The number of hydrogen-bond donors (Lipinski definition) is 1. The third-order valence-electron chi connectivity index (χ3n) is 4.72. The highest BCUT2D eigenvalue weighted by molar-refractivity contribution is 6.34. The quantitative estimate of drug-likeness (QED) is 0.613. The fourth-order valence-corrected chi connectivity index (χ4v) is 3.51. The van der Waals surface area contributed by atoms with Crippen LogP contribution < -0.4 is 10.2 Å². The fraction of sp³-hybridized carbons (Fsp3) is 0.227.